The summed E-state index contributed by atoms with van der Waals surface area (Å²) in [5, 5.41) is 12.3. The Morgan fingerprint density at radius 1 is 1.36 bits per heavy atom. The molecular weight excluding hydrogens is 225 g/mol. The number of nitrogens with one attached hydrogen (secondary N) is 1. The monoisotopic (exact) mass is 233 g/mol. The highest BCUT2D eigenvalue weighted by atomic mass is 35.5. The Hall–Kier alpha value is -0.770. The fraction of sp³-hybridized carbons (Fsp3) is 0.222. The van der Waals surface area contributed by atoms with Crippen LogP contribution < -0.4 is 5.32 Å². The average molecular weight is 234 g/mol. The van der Waals surface area contributed by atoms with E-state index in [1.54, 1.807) is 18.2 Å². The van der Waals surface area contributed by atoms with Gasteiger partial charge in [0.1, 0.15) is 6.10 Å². The maximum atomic E-state index is 11.1. The van der Waals surface area contributed by atoms with Crippen molar-refractivity contribution in [1.29, 1.82) is 0 Å². The Morgan fingerprint density at radius 3 is 2.29 bits per heavy atom. The van der Waals surface area contributed by atoms with Crippen molar-refractivity contribution < 1.29 is 9.90 Å². The molecule has 0 aliphatic carbocycles. The molecule has 0 heterocycles. The van der Waals surface area contributed by atoms with Gasteiger partial charge in [0.2, 0.25) is 0 Å². The van der Waals surface area contributed by atoms with Gasteiger partial charge in [-0.05, 0) is 25.1 Å². The fourth-order valence-corrected chi connectivity index (χ4v) is 1.40. The van der Waals surface area contributed by atoms with Crippen LogP contribution in [-0.4, -0.2) is 17.1 Å². The number of halogens is 2. The van der Waals surface area contributed by atoms with E-state index >= 15 is 0 Å². The molecule has 0 unspecified atom stereocenters. The van der Waals surface area contributed by atoms with Crippen molar-refractivity contribution in [2.24, 2.45) is 0 Å². The highest BCUT2D eigenvalue weighted by Gasteiger charge is 2.09. The maximum Gasteiger partial charge on any atom is 0.252 e. The predicted octanol–water partition coefficient (Wildman–Crippen LogP) is 2.31. The van der Waals surface area contributed by atoms with Crippen molar-refractivity contribution in [2.75, 3.05) is 5.32 Å². The second-order valence-corrected chi connectivity index (χ2v) is 3.70. The number of benzene rings is 1. The summed E-state index contributed by atoms with van der Waals surface area (Å²) in [7, 11) is 0. The summed E-state index contributed by atoms with van der Waals surface area (Å²) in [6.45, 7) is 1.38. The number of aliphatic hydroxyl groups excluding tert-OH is 1. The molecule has 1 aromatic rings. The number of hydrogen-bond donors (Lipinski definition) is 2. The van der Waals surface area contributed by atoms with Gasteiger partial charge in [0, 0.05) is 15.7 Å². The lowest BCUT2D eigenvalue weighted by Gasteiger charge is -2.07. The van der Waals surface area contributed by atoms with Crippen molar-refractivity contribution in [3.63, 3.8) is 0 Å². The molecule has 0 aromatic heterocycles. The predicted molar refractivity (Wildman–Crippen MR) is 56.8 cm³/mol. The van der Waals surface area contributed by atoms with E-state index < -0.39 is 12.0 Å². The third-order valence-electron chi connectivity index (χ3n) is 1.51. The third kappa shape index (κ3) is 3.18. The zero-order valence-electron chi connectivity index (χ0n) is 7.42. The average Bonchev–Trinajstić information content (AvgIpc) is 2.01. The summed E-state index contributed by atoms with van der Waals surface area (Å²) in [6, 6.07) is 4.66. The molecule has 0 saturated heterocycles. The van der Waals surface area contributed by atoms with Gasteiger partial charge in [-0.15, -0.1) is 0 Å². The zero-order chi connectivity index (χ0) is 10.7. The van der Waals surface area contributed by atoms with Gasteiger partial charge in [0.15, 0.2) is 0 Å². The molecule has 76 valence electrons. The lowest BCUT2D eigenvalue weighted by Crippen LogP contribution is -2.24. The van der Waals surface area contributed by atoms with Crippen LogP contribution in [-0.2, 0) is 4.79 Å². The molecule has 1 amide bonds. The molecule has 0 saturated carbocycles. The Bertz CT molecular complexity index is 332. The van der Waals surface area contributed by atoms with Crippen molar-refractivity contribution in [3.05, 3.63) is 28.2 Å². The Kier molecular flexibility index (Phi) is 3.75. The number of carbonyl (C=O) groups is 1. The van der Waals surface area contributed by atoms with Crippen LogP contribution in [0.25, 0.3) is 0 Å². The van der Waals surface area contributed by atoms with Gasteiger partial charge in [-0.3, -0.25) is 4.79 Å². The maximum absolute atomic E-state index is 11.1. The molecule has 0 aliphatic rings. The minimum absolute atomic E-state index is 0.429. The van der Waals surface area contributed by atoms with E-state index in [2.05, 4.69) is 5.32 Å². The van der Waals surface area contributed by atoms with Crippen LogP contribution in [0.5, 0.6) is 0 Å². The number of carbonyl (C=O) groups excluding carboxylic acids is 1. The molecule has 5 heteroatoms. The van der Waals surface area contributed by atoms with Crippen LogP contribution in [0.2, 0.25) is 10.0 Å². The number of aliphatic hydroxyl groups is 1. The van der Waals surface area contributed by atoms with Crippen molar-refractivity contribution in [2.45, 2.75) is 13.0 Å². The van der Waals surface area contributed by atoms with Gasteiger partial charge in [0.25, 0.3) is 5.91 Å². The first-order chi connectivity index (χ1) is 6.49. The van der Waals surface area contributed by atoms with Gasteiger partial charge in [0.05, 0.1) is 0 Å². The third-order valence-corrected chi connectivity index (χ3v) is 1.95. The summed E-state index contributed by atoms with van der Waals surface area (Å²) in [6.07, 6.45) is -1.06. The molecule has 0 bridgehead atoms. The summed E-state index contributed by atoms with van der Waals surface area (Å²) in [5.74, 6) is -0.497. The standard InChI is InChI=1S/C9H9Cl2NO2/c1-5(13)9(14)12-8-3-6(10)2-7(11)4-8/h2-5,13H,1H3,(H,12,14)/t5-/m0/s1. The quantitative estimate of drug-likeness (QED) is 0.824. The van der Waals surface area contributed by atoms with Crippen LogP contribution in [0.15, 0.2) is 18.2 Å². The van der Waals surface area contributed by atoms with E-state index in [1.807, 2.05) is 0 Å². The van der Waals surface area contributed by atoms with Crippen LogP contribution in [0, 0.1) is 0 Å². The summed E-state index contributed by atoms with van der Waals surface area (Å²) >= 11 is 11.4. The van der Waals surface area contributed by atoms with Gasteiger partial charge < -0.3 is 10.4 Å². The fourth-order valence-electron chi connectivity index (χ4n) is 0.873. The van der Waals surface area contributed by atoms with E-state index in [-0.39, 0.29) is 0 Å². The zero-order valence-corrected chi connectivity index (χ0v) is 8.93. The molecule has 2 N–H and O–H groups in total. The molecule has 1 atom stereocenters. The Balaban J connectivity index is 2.82. The first-order valence-corrected chi connectivity index (χ1v) is 4.69. The Morgan fingerprint density at radius 2 is 1.86 bits per heavy atom. The molecule has 0 radical (unpaired) electrons. The molecule has 3 nitrogen and oxygen atoms in total. The summed E-state index contributed by atoms with van der Waals surface area (Å²) < 4.78 is 0. The van der Waals surface area contributed by atoms with E-state index in [0.717, 1.165) is 0 Å². The SMILES string of the molecule is C[C@H](O)C(=O)Nc1cc(Cl)cc(Cl)c1. The molecular formula is C9H9Cl2NO2. The largest absolute Gasteiger partial charge is 0.384 e. The smallest absolute Gasteiger partial charge is 0.252 e. The van der Waals surface area contributed by atoms with Crippen molar-refractivity contribution in [3.8, 4) is 0 Å². The number of rotatable bonds is 2. The number of amides is 1. The van der Waals surface area contributed by atoms with Gasteiger partial charge in [-0.1, -0.05) is 23.2 Å². The topological polar surface area (TPSA) is 49.3 Å². The van der Waals surface area contributed by atoms with E-state index in [4.69, 9.17) is 28.3 Å². The number of anilines is 1. The first-order valence-electron chi connectivity index (χ1n) is 3.94. The van der Waals surface area contributed by atoms with Crippen molar-refractivity contribution >= 4 is 34.8 Å². The van der Waals surface area contributed by atoms with Gasteiger partial charge >= 0.3 is 0 Å². The molecule has 14 heavy (non-hydrogen) atoms. The molecule has 0 spiro atoms. The van der Waals surface area contributed by atoms with E-state index in [1.165, 1.54) is 6.92 Å². The van der Waals surface area contributed by atoms with Crippen LogP contribution in [0.4, 0.5) is 5.69 Å². The molecule has 1 rings (SSSR count). The highest BCUT2D eigenvalue weighted by molar-refractivity contribution is 6.35. The van der Waals surface area contributed by atoms with Crippen LogP contribution >= 0.6 is 23.2 Å². The second-order valence-electron chi connectivity index (χ2n) is 2.82. The molecule has 0 aliphatic heterocycles. The first kappa shape index (κ1) is 11.3. The van der Waals surface area contributed by atoms with E-state index in [0.29, 0.717) is 15.7 Å². The molecule has 0 fully saturated rings. The van der Waals surface area contributed by atoms with Crippen LogP contribution in [0.1, 0.15) is 6.92 Å². The van der Waals surface area contributed by atoms with Crippen molar-refractivity contribution in [1.82, 2.24) is 0 Å². The van der Waals surface area contributed by atoms with Gasteiger partial charge in [-0.25, -0.2) is 0 Å². The second kappa shape index (κ2) is 4.64. The molecule has 1 aromatic carbocycles. The van der Waals surface area contributed by atoms with Crippen LogP contribution in [0.3, 0.4) is 0 Å². The highest BCUT2D eigenvalue weighted by Crippen LogP contribution is 2.22. The van der Waals surface area contributed by atoms with E-state index in [9.17, 15) is 4.79 Å². The summed E-state index contributed by atoms with van der Waals surface area (Å²) in [5.41, 5.74) is 0.466. The summed E-state index contributed by atoms with van der Waals surface area (Å²) in [4.78, 5) is 11.1. The minimum atomic E-state index is -1.06. The minimum Gasteiger partial charge on any atom is -0.384 e. The number of hydrogen-bond acceptors (Lipinski definition) is 2. The van der Waals surface area contributed by atoms with Gasteiger partial charge in [-0.2, -0.15) is 0 Å². The Labute approximate surface area is 91.6 Å². The normalized spacial score (nSPS) is 12.3. The lowest BCUT2D eigenvalue weighted by molar-refractivity contribution is -0.123. The lowest BCUT2D eigenvalue weighted by atomic mass is 10.3.